The van der Waals surface area contributed by atoms with Crippen LogP contribution in [0.4, 0.5) is 0 Å². The topological polar surface area (TPSA) is 58.8 Å². The lowest BCUT2D eigenvalue weighted by Crippen LogP contribution is -2.48. The van der Waals surface area contributed by atoms with Crippen molar-refractivity contribution in [3.8, 4) is 5.75 Å². The molecule has 116 valence electrons. The summed E-state index contributed by atoms with van der Waals surface area (Å²) in [6, 6.07) is 5.77. The predicted octanol–water partition coefficient (Wildman–Crippen LogP) is 1.17. The fourth-order valence-electron chi connectivity index (χ4n) is 2.44. The van der Waals surface area contributed by atoms with Gasteiger partial charge in [0.15, 0.2) is 6.61 Å². The fourth-order valence-corrected chi connectivity index (χ4v) is 2.44. The summed E-state index contributed by atoms with van der Waals surface area (Å²) in [6.45, 7) is 7.39. The molecule has 5 heteroatoms. The third-order valence-corrected chi connectivity index (χ3v) is 3.86. The van der Waals surface area contributed by atoms with Gasteiger partial charge in [-0.3, -0.25) is 4.79 Å². The molecular weight excluding hydrogens is 266 g/mol. The first-order valence-corrected chi connectivity index (χ1v) is 7.42. The van der Waals surface area contributed by atoms with Gasteiger partial charge >= 0.3 is 0 Å². The zero-order valence-corrected chi connectivity index (χ0v) is 13.1. The first-order valence-electron chi connectivity index (χ1n) is 7.42. The van der Waals surface area contributed by atoms with E-state index in [1.54, 1.807) is 0 Å². The number of rotatable bonds is 4. The first-order chi connectivity index (χ1) is 9.97. The maximum absolute atomic E-state index is 12.2. The Hall–Kier alpha value is -1.59. The van der Waals surface area contributed by atoms with Gasteiger partial charge < -0.3 is 20.3 Å². The second-order valence-corrected chi connectivity index (χ2v) is 5.80. The van der Waals surface area contributed by atoms with Crippen LogP contribution in [-0.4, -0.2) is 55.5 Å². The number of hydrogen-bond acceptors (Lipinski definition) is 4. The molecule has 1 saturated heterocycles. The van der Waals surface area contributed by atoms with Gasteiger partial charge in [0.05, 0.1) is 0 Å². The Kier molecular flexibility index (Phi) is 5.20. The van der Waals surface area contributed by atoms with Gasteiger partial charge in [0.25, 0.3) is 5.91 Å². The maximum atomic E-state index is 12.2. The van der Waals surface area contributed by atoms with Gasteiger partial charge in [-0.25, -0.2) is 0 Å². The predicted molar refractivity (Wildman–Crippen MR) is 83.4 cm³/mol. The molecule has 1 aliphatic heterocycles. The molecule has 1 atom stereocenters. The average Bonchev–Trinajstić information content (AvgIpc) is 2.46. The van der Waals surface area contributed by atoms with Crippen LogP contribution in [0, 0.1) is 6.92 Å². The Morgan fingerprint density at radius 1 is 1.33 bits per heavy atom. The van der Waals surface area contributed by atoms with Crippen molar-refractivity contribution in [3.05, 3.63) is 29.3 Å². The number of ether oxygens (including phenoxy) is 1. The Morgan fingerprint density at radius 3 is 2.62 bits per heavy atom. The molecular formula is C16H25N3O2. The van der Waals surface area contributed by atoms with Crippen molar-refractivity contribution in [1.29, 1.82) is 0 Å². The van der Waals surface area contributed by atoms with Crippen molar-refractivity contribution in [2.24, 2.45) is 5.73 Å². The second-order valence-electron chi connectivity index (χ2n) is 5.80. The minimum atomic E-state index is -0.112. The third kappa shape index (κ3) is 4.19. The lowest BCUT2D eigenvalue weighted by atomic mass is 10.1. The van der Waals surface area contributed by atoms with Crippen LogP contribution in [0.5, 0.6) is 5.75 Å². The van der Waals surface area contributed by atoms with Crippen LogP contribution in [0.25, 0.3) is 0 Å². The summed E-state index contributed by atoms with van der Waals surface area (Å²) >= 11 is 0. The number of aryl methyl sites for hydroxylation is 1. The van der Waals surface area contributed by atoms with E-state index in [4.69, 9.17) is 10.5 Å². The molecule has 5 nitrogen and oxygen atoms in total. The highest BCUT2D eigenvalue weighted by Gasteiger charge is 2.19. The zero-order valence-electron chi connectivity index (χ0n) is 13.1. The molecule has 0 aliphatic carbocycles. The van der Waals surface area contributed by atoms with E-state index in [0.29, 0.717) is 5.75 Å². The molecule has 21 heavy (non-hydrogen) atoms. The molecule has 0 spiro atoms. The van der Waals surface area contributed by atoms with E-state index < -0.39 is 0 Å². The van der Waals surface area contributed by atoms with Crippen LogP contribution in [0.3, 0.4) is 0 Å². The summed E-state index contributed by atoms with van der Waals surface area (Å²) in [5.41, 5.74) is 8.05. The molecule has 2 N–H and O–H groups in total. The van der Waals surface area contributed by atoms with Crippen LogP contribution in [0.2, 0.25) is 0 Å². The number of carbonyl (C=O) groups excluding carboxylic acids is 1. The Morgan fingerprint density at radius 2 is 2.00 bits per heavy atom. The molecule has 1 heterocycles. The van der Waals surface area contributed by atoms with Gasteiger partial charge in [-0.15, -0.1) is 0 Å². The summed E-state index contributed by atoms with van der Waals surface area (Å²) in [4.78, 5) is 16.3. The summed E-state index contributed by atoms with van der Waals surface area (Å²) in [6.07, 6.45) is 0. The quantitative estimate of drug-likeness (QED) is 0.904. The van der Waals surface area contributed by atoms with Crippen LogP contribution in [0.1, 0.15) is 24.1 Å². The Balaban J connectivity index is 1.95. The number of amides is 1. The molecule has 1 aromatic carbocycles. The van der Waals surface area contributed by atoms with Gasteiger partial charge in [-0.2, -0.15) is 0 Å². The molecule has 0 aromatic heterocycles. The summed E-state index contributed by atoms with van der Waals surface area (Å²) in [7, 11) is 2.07. The van der Waals surface area contributed by atoms with Gasteiger partial charge in [-0.1, -0.05) is 17.7 Å². The number of benzene rings is 1. The largest absolute Gasteiger partial charge is 0.483 e. The Bertz CT molecular complexity index is 494. The van der Waals surface area contributed by atoms with E-state index in [0.717, 1.165) is 37.3 Å². The summed E-state index contributed by atoms with van der Waals surface area (Å²) in [5, 5.41) is 0. The molecule has 1 aromatic rings. The molecule has 1 aliphatic rings. The highest BCUT2D eigenvalue weighted by molar-refractivity contribution is 5.78. The monoisotopic (exact) mass is 291 g/mol. The van der Waals surface area contributed by atoms with Crippen molar-refractivity contribution in [2.45, 2.75) is 19.9 Å². The second kappa shape index (κ2) is 6.91. The van der Waals surface area contributed by atoms with Gasteiger partial charge in [0.1, 0.15) is 5.75 Å². The fraction of sp³-hybridized carbons (Fsp3) is 0.562. The van der Waals surface area contributed by atoms with Crippen LogP contribution in [-0.2, 0) is 4.79 Å². The minimum Gasteiger partial charge on any atom is -0.483 e. The van der Waals surface area contributed by atoms with E-state index in [9.17, 15) is 4.79 Å². The normalized spacial score (nSPS) is 17.6. The van der Waals surface area contributed by atoms with Gasteiger partial charge in [0, 0.05) is 37.8 Å². The molecule has 0 radical (unpaired) electrons. The molecule has 0 bridgehead atoms. The number of nitrogens with zero attached hydrogens (tertiary/aromatic N) is 2. The summed E-state index contributed by atoms with van der Waals surface area (Å²) in [5.74, 6) is 0.748. The van der Waals surface area contributed by atoms with Crippen molar-refractivity contribution in [1.82, 2.24) is 9.80 Å². The number of piperazine rings is 1. The van der Waals surface area contributed by atoms with Crippen LogP contribution < -0.4 is 10.5 Å². The van der Waals surface area contributed by atoms with E-state index in [2.05, 4.69) is 11.9 Å². The first kappa shape index (κ1) is 15.8. The van der Waals surface area contributed by atoms with Gasteiger partial charge in [0.2, 0.25) is 0 Å². The molecule has 1 amide bonds. The van der Waals surface area contributed by atoms with Crippen LogP contribution >= 0.6 is 0 Å². The highest BCUT2D eigenvalue weighted by atomic mass is 16.5. The number of likely N-dealkylation sites (N-methyl/N-ethyl adjacent to an activating group) is 1. The van der Waals surface area contributed by atoms with E-state index in [-0.39, 0.29) is 18.6 Å². The van der Waals surface area contributed by atoms with Gasteiger partial charge in [-0.05, 0) is 27.0 Å². The molecule has 1 fully saturated rings. The van der Waals surface area contributed by atoms with Crippen LogP contribution in [0.15, 0.2) is 18.2 Å². The van der Waals surface area contributed by atoms with Crippen molar-refractivity contribution < 1.29 is 9.53 Å². The third-order valence-electron chi connectivity index (χ3n) is 3.86. The Labute approximate surface area is 126 Å². The molecule has 0 unspecified atom stereocenters. The average molecular weight is 291 g/mol. The van der Waals surface area contributed by atoms with Crippen molar-refractivity contribution >= 4 is 5.91 Å². The minimum absolute atomic E-state index is 0.0410. The number of hydrogen-bond donors (Lipinski definition) is 1. The van der Waals surface area contributed by atoms with E-state index in [1.807, 2.05) is 36.9 Å². The smallest absolute Gasteiger partial charge is 0.260 e. The lowest BCUT2D eigenvalue weighted by molar-refractivity contribution is -0.134. The zero-order chi connectivity index (χ0) is 15.4. The van der Waals surface area contributed by atoms with E-state index >= 15 is 0 Å². The number of nitrogens with two attached hydrogens (primary N) is 1. The van der Waals surface area contributed by atoms with Crippen molar-refractivity contribution in [3.63, 3.8) is 0 Å². The van der Waals surface area contributed by atoms with E-state index in [1.165, 1.54) is 0 Å². The maximum Gasteiger partial charge on any atom is 0.260 e. The standard InChI is InChI=1S/C16H25N3O2/c1-12-4-5-15(14(10-12)13(2)17)21-11-16(20)19-8-6-18(3)7-9-19/h4-5,10,13H,6-9,11,17H2,1-3H3/t13-/m1/s1. The lowest BCUT2D eigenvalue weighted by Gasteiger charge is -2.32. The SMILES string of the molecule is Cc1ccc(OCC(=O)N2CCN(C)CC2)c([C@@H](C)N)c1. The summed E-state index contributed by atoms with van der Waals surface area (Å²) < 4.78 is 5.71. The number of carbonyl (C=O) groups is 1. The highest BCUT2D eigenvalue weighted by Crippen LogP contribution is 2.25. The van der Waals surface area contributed by atoms with Crippen molar-refractivity contribution in [2.75, 3.05) is 39.8 Å². The molecule has 2 rings (SSSR count). The molecule has 0 saturated carbocycles.